The molecule has 2 aromatic rings. The van der Waals surface area contributed by atoms with Crippen molar-refractivity contribution in [3.8, 4) is 0 Å². The molecule has 160 valence electrons. The van der Waals surface area contributed by atoms with Crippen LogP contribution in [-0.2, 0) is 19.1 Å². The van der Waals surface area contributed by atoms with Gasteiger partial charge in [-0.2, -0.15) is 13.2 Å². The molecule has 0 bridgehead atoms. The fourth-order valence-corrected chi connectivity index (χ4v) is 4.09. The van der Waals surface area contributed by atoms with Crippen molar-refractivity contribution in [1.82, 2.24) is 14.9 Å². The van der Waals surface area contributed by atoms with Crippen molar-refractivity contribution >= 4 is 17.5 Å². The lowest BCUT2D eigenvalue weighted by Gasteiger charge is -2.34. The number of hydrogen-bond acceptors (Lipinski definition) is 4. The fourth-order valence-electron chi connectivity index (χ4n) is 4.09. The van der Waals surface area contributed by atoms with Crippen molar-refractivity contribution in [3.05, 3.63) is 46.9 Å². The summed E-state index contributed by atoms with van der Waals surface area (Å²) in [5.41, 5.74) is 0.719. The highest BCUT2D eigenvalue weighted by molar-refractivity contribution is 5.90. The number of carbonyl (C=O) groups is 1. The van der Waals surface area contributed by atoms with Crippen LogP contribution in [-0.4, -0.2) is 40.5 Å². The van der Waals surface area contributed by atoms with Crippen molar-refractivity contribution in [2.75, 3.05) is 29.9 Å². The molecule has 2 aliphatic rings. The number of amides is 2. The van der Waals surface area contributed by atoms with Crippen molar-refractivity contribution in [2.24, 2.45) is 0 Å². The zero-order valence-corrected chi connectivity index (χ0v) is 16.8. The van der Waals surface area contributed by atoms with Crippen molar-refractivity contribution in [1.29, 1.82) is 0 Å². The molecule has 6 nitrogen and oxygen atoms in total. The third kappa shape index (κ3) is 4.20. The van der Waals surface area contributed by atoms with Crippen LogP contribution < -0.4 is 10.2 Å². The van der Waals surface area contributed by atoms with Gasteiger partial charge in [0, 0.05) is 31.6 Å². The molecule has 0 atom stereocenters. The molecule has 0 radical (unpaired) electrons. The first-order chi connectivity index (χ1) is 14.3. The highest BCUT2D eigenvalue weighted by Gasteiger charge is 2.34. The van der Waals surface area contributed by atoms with Crippen LogP contribution in [0.2, 0.25) is 0 Å². The number of piperidine rings is 1. The third-order valence-electron chi connectivity index (χ3n) is 5.57. The van der Waals surface area contributed by atoms with E-state index in [0.29, 0.717) is 18.8 Å². The molecular formula is C21H24F3N5O. The topological polar surface area (TPSA) is 61.4 Å². The number of urea groups is 1. The van der Waals surface area contributed by atoms with E-state index < -0.39 is 17.8 Å². The highest BCUT2D eigenvalue weighted by Crippen LogP contribution is 2.35. The third-order valence-corrected chi connectivity index (χ3v) is 5.57. The lowest BCUT2D eigenvalue weighted by Crippen LogP contribution is -2.41. The van der Waals surface area contributed by atoms with E-state index in [1.165, 1.54) is 29.5 Å². The maximum absolute atomic E-state index is 13.2. The van der Waals surface area contributed by atoms with Crippen LogP contribution in [0.15, 0.2) is 24.3 Å². The number of hydrogen-bond donors (Lipinski definition) is 1. The van der Waals surface area contributed by atoms with Gasteiger partial charge in [0.05, 0.1) is 23.5 Å². The predicted octanol–water partition coefficient (Wildman–Crippen LogP) is 4.38. The summed E-state index contributed by atoms with van der Waals surface area (Å²) in [5.74, 6) is 1.55. The van der Waals surface area contributed by atoms with Crippen LogP contribution in [0, 0.1) is 6.92 Å². The van der Waals surface area contributed by atoms with Gasteiger partial charge in [-0.05, 0) is 38.3 Å². The normalized spacial score (nSPS) is 16.9. The molecule has 9 heteroatoms. The molecule has 0 aliphatic carbocycles. The second-order valence-electron chi connectivity index (χ2n) is 7.71. The lowest BCUT2D eigenvalue weighted by atomic mass is 10.0. The average molecular weight is 419 g/mol. The summed E-state index contributed by atoms with van der Waals surface area (Å²) in [4.78, 5) is 25.8. The molecule has 2 amide bonds. The molecule has 1 fully saturated rings. The Hall–Kier alpha value is -2.84. The van der Waals surface area contributed by atoms with Gasteiger partial charge in [0.2, 0.25) is 0 Å². The maximum atomic E-state index is 13.2. The quantitative estimate of drug-likeness (QED) is 0.785. The number of rotatable bonds is 2. The van der Waals surface area contributed by atoms with Gasteiger partial charge in [0.1, 0.15) is 11.6 Å². The molecule has 1 aromatic carbocycles. The molecule has 4 rings (SSSR count). The van der Waals surface area contributed by atoms with E-state index in [-0.39, 0.29) is 12.2 Å². The molecule has 0 saturated carbocycles. The minimum atomic E-state index is -4.54. The molecule has 30 heavy (non-hydrogen) atoms. The zero-order valence-electron chi connectivity index (χ0n) is 16.8. The van der Waals surface area contributed by atoms with Gasteiger partial charge in [0.25, 0.3) is 0 Å². The second kappa shape index (κ2) is 8.12. The Morgan fingerprint density at radius 3 is 2.53 bits per heavy atom. The molecule has 1 saturated heterocycles. The van der Waals surface area contributed by atoms with E-state index in [2.05, 4.69) is 20.2 Å². The summed E-state index contributed by atoms with van der Waals surface area (Å²) >= 11 is 0. The first-order valence-electron chi connectivity index (χ1n) is 10.2. The molecule has 1 aromatic heterocycles. The fraction of sp³-hybridized carbons (Fsp3) is 0.476. The van der Waals surface area contributed by atoms with Crippen molar-refractivity contribution in [3.63, 3.8) is 0 Å². The molecular weight excluding hydrogens is 395 g/mol. The van der Waals surface area contributed by atoms with E-state index in [9.17, 15) is 18.0 Å². The number of para-hydroxylation sites is 1. The van der Waals surface area contributed by atoms with Crippen LogP contribution in [0.25, 0.3) is 0 Å². The van der Waals surface area contributed by atoms with E-state index in [1.807, 2.05) is 6.92 Å². The van der Waals surface area contributed by atoms with Gasteiger partial charge in [-0.3, -0.25) is 0 Å². The average Bonchev–Trinajstić information content (AvgIpc) is 2.73. The minimum Gasteiger partial charge on any atom is -0.356 e. The van der Waals surface area contributed by atoms with Crippen molar-refractivity contribution < 1.29 is 18.0 Å². The maximum Gasteiger partial charge on any atom is 0.418 e. The largest absolute Gasteiger partial charge is 0.418 e. The number of alkyl halides is 3. The summed E-state index contributed by atoms with van der Waals surface area (Å²) in [7, 11) is 0. The Morgan fingerprint density at radius 2 is 1.80 bits per heavy atom. The van der Waals surface area contributed by atoms with Gasteiger partial charge >= 0.3 is 12.2 Å². The van der Waals surface area contributed by atoms with Gasteiger partial charge in [0.15, 0.2) is 0 Å². The Labute approximate surface area is 173 Å². The number of halogens is 3. The van der Waals surface area contributed by atoms with Gasteiger partial charge in [-0.15, -0.1) is 0 Å². The predicted molar refractivity (Wildman–Crippen MR) is 107 cm³/mol. The molecule has 0 spiro atoms. The van der Waals surface area contributed by atoms with Crippen LogP contribution >= 0.6 is 0 Å². The monoisotopic (exact) mass is 419 g/mol. The number of carbonyl (C=O) groups excluding carboxylic acids is 1. The molecule has 2 aliphatic heterocycles. The van der Waals surface area contributed by atoms with Gasteiger partial charge in [-0.1, -0.05) is 12.1 Å². The standard InChI is InChI=1S/C21H24F3N5O/c1-14-25-17-9-12-29(13-15(17)19(26-14)28-10-5-2-6-11-28)20(30)27-18-8-4-3-7-16(18)21(22,23)24/h3-4,7-8H,2,5-6,9-13H2,1H3,(H,27,30). The van der Waals surface area contributed by atoms with Crippen LogP contribution in [0.4, 0.5) is 29.5 Å². The minimum absolute atomic E-state index is 0.239. The number of nitrogens with zero attached hydrogens (tertiary/aromatic N) is 4. The summed E-state index contributed by atoms with van der Waals surface area (Å²) < 4.78 is 39.7. The molecule has 1 N–H and O–H groups in total. The summed E-state index contributed by atoms with van der Waals surface area (Å²) in [6, 6.07) is 4.46. The second-order valence-corrected chi connectivity index (χ2v) is 7.71. The number of aryl methyl sites for hydroxylation is 1. The number of fused-ring (bicyclic) bond motifs is 1. The summed E-state index contributed by atoms with van der Waals surface area (Å²) in [5, 5.41) is 2.44. The number of aromatic nitrogens is 2. The van der Waals surface area contributed by atoms with Crippen LogP contribution in [0.5, 0.6) is 0 Å². The molecule has 3 heterocycles. The van der Waals surface area contributed by atoms with Crippen LogP contribution in [0.3, 0.4) is 0 Å². The summed E-state index contributed by atoms with van der Waals surface area (Å²) in [6.45, 7) is 4.35. The number of nitrogens with one attached hydrogen (secondary N) is 1. The summed E-state index contributed by atoms with van der Waals surface area (Å²) in [6.07, 6.45) is -0.610. The van der Waals surface area contributed by atoms with Crippen LogP contribution in [0.1, 0.15) is 41.9 Å². The first-order valence-corrected chi connectivity index (χ1v) is 10.2. The first kappa shape index (κ1) is 20.4. The van der Waals surface area contributed by atoms with E-state index in [0.717, 1.165) is 49.1 Å². The highest BCUT2D eigenvalue weighted by atomic mass is 19.4. The van der Waals surface area contributed by atoms with Crippen molar-refractivity contribution in [2.45, 2.75) is 45.3 Å². The smallest absolute Gasteiger partial charge is 0.356 e. The Morgan fingerprint density at radius 1 is 1.07 bits per heavy atom. The van der Waals surface area contributed by atoms with Gasteiger partial charge in [-0.25, -0.2) is 14.8 Å². The lowest BCUT2D eigenvalue weighted by molar-refractivity contribution is -0.136. The number of anilines is 2. The van der Waals surface area contributed by atoms with E-state index in [1.54, 1.807) is 0 Å². The van der Waals surface area contributed by atoms with Gasteiger partial charge < -0.3 is 15.1 Å². The molecule has 0 unspecified atom stereocenters. The van der Waals surface area contributed by atoms with E-state index >= 15 is 0 Å². The Balaban J connectivity index is 1.57. The zero-order chi connectivity index (χ0) is 21.3. The Kier molecular flexibility index (Phi) is 5.53. The number of benzene rings is 1. The Bertz CT molecular complexity index is 941. The van der Waals surface area contributed by atoms with E-state index in [4.69, 9.17) is 0 Å². The SMILES string of the molecule is Cc1nc2c(c(N3CCCCC3)n1)CN(C(=O)Nc1ccccc1C(F)(F)F)CC2.